The second kappa shape index (κ2) is 4.67. The fraction of sp³-hybridized carbons (Fsp3) is 0.308. The molecule has 1 aromatic rings. The topological polar surface area (TPSA) is 17.1 Å². The predicted octanol–water partition coefficient (Wildman–Crippen LogP) is 3.81. The molecule has 1 aliphatic rings. The van der Waals surface area contributed by atoms with E-state index < -0.39 is 0 Å². The van der Waals surface area contributed by atoms with Gasteiger partial charge < -0.3 is 0 Å². The fourth-order valence-corrected chi connectivity index (χ4v) is 2.79. The molecule has 15 heavy (non-hydrogen) atoms. The Morgan fingerprint density at radius 3 is 2.60 bits per heavy atom. The highest BCUT2D eigenvalue weighted by Crippen LogP contribution is 2.35. The molecular formula is C13H14OS. The highest BCUT2D eigenvalue weighted by atomic mass is 32.2. The molecule has 0 aliphatic heterocycles. The molecule has 0 fully saturated rings. The number of carbonyl (C=O) groups is 1. The first kappa shape index (κ1) is 10.5. The molecule has 0 saturated carbocycles. The Labute approximate surface area is 94.6 Å². The quantitative estimate of drug-likeness (QED) is 0.751. The van der Waals surface area contributed by atoms with E-state index in [-0.39, 0.29) is 0 Å². The molecule has 1 nitrogen and oxygen atoms in total. The van der Waals surface area contributed by atoms with Crippen LogP contribution in [0.5, 0.6) is 0 Å². The van der Waals surface area contributed by atoms with Gasteiger partial charge in [0.05, 0.1) is 0 Å². The van der Waals surface area contributed by atoms with Crippen LogP contribution in [0.25, 0.3) is 0 Å². The number of allylic oxidation sites excluding steroid dienone is 2. The minimum atomic E-state index is 0.319. The highest BCUT2D eigenvalue weighted by Gasteiger charge is 2.17. The molecule has 2 rings (SSSR count). The fourth-order valence-electron chi connectivity index (χ4n) is 1.70. The van der Waals surface area contributed by atoms with E-state index in [0.29, 0.717) is 5.78 Å². The Kier molecular flexibility index (Phi) is 3.27. The molecule has 2 heteroatoms. The molecule has 0 aromatic heterocycles. The van der Waals surface area contributed by atoms with Gasteiger partial charge in [-0.05, 0) is 36.8 Å². The van der Waals surface area contributed by atoms with Crippen LogP contribution in [-0.4, -0.2) is 5.78 Å². The summed E-state index contributed by atoms with van der Waals surface area (Å²) in [6, 6.07) is 10.2. The Bertz CT molecular complexity index is 392. The van der Waals surface area contributed by atoms with Gasteiger partial charge in [0.25, 0.3) is 0 Å². The lowest BCUT2D eigenvalue weighted by Gasteiger charge is -2.15. The lowest BCUT2D eigenvalue weighted by molar-refractivity contribution is -0.115. The maximum atomic E-state index is 11.5. The summed E-state index contributed by atoms with van der Waals surface area (Å²) in [7, 11) is 0. The zero-order valence-electron chi connectivity index (χ0n) is 8.82. The molecule has 0 unspecified atom stereocenters. The number of Topliss-reactive ketones (excluding diaryl/α,β-unsaturated/α-hetero) is 1. The standard InChI is InChI=1S/C13H14OS/c1-10-12(14)8-5-9-13(10)15-11-6-3-2-4-7-11/h2-4,6-7H,5,8-9H2,1H3. The van der Waals surface area contributed by atoms with Gasteiger partial charge in [-0.1, -0.05) is 30.0 Å². The highest BCUT2D eigenvalue weighted by molar-refractivity contribution is 8.03. The van der Waals surface area contributed by atoms with Gasteiger partial charge >= 0.3 is 0 Å². The van der Waals surface area contributed by atoms with Crippen LogP contribution in [0.2, 0.25) is 0 Å². The van der Waals surface area contributed by atoms with Crippen molar-refractivity contribution in [3.05, 3.63) is 40.8 Å². The summed E-state index contributed by atoms with van der Waals surface area (Å²) in [5.74, 6) is 0.319. The van der Waals surface area contributed by atoms with E-state index in [0.717, 1.165) is 24.8 Å². The summed E-state index contributed by atoms with van der Waals surface area (Å²) in [6.07, 6.45) is 2.78. The first-order valence-corrected chi connectivity index (χ1v) is 6.05. The number of carbonyl (C=O) groups excluding carboxylic acids is 1. The monoisotopic (exact) mass is 218 g/mol. The third kappa shape index (κ3) is 2.51. The molecular weight excluding hydrogens is 204 g/mol. The second-order valence-corrected chi connectivity index (χ2v) is 4.91. The van der Waals surface area contributed by atoms with Gasteiger partial charge in [-0.25, -0.2) is 0 Å². The summed E-state index contributed by atoms with van der Waals surface area (Å²) in [6.45, 7) is 1.95. The van der Waals surface area contributed by atoms with Gasteiger partial charge in [-0.2, -0.15) is 0 Å². The van der Waals surface area contributed by atoms with E-state index in [1.54, 1.807) is 11.8 Å². The van der Waals surface area contributed by atoms with Crippen molar-refractivity contribution in [3.63, 3.8) is 0 Å². The maximum absolute atomic E-state index is 11.5. The SMILES string of the molecule is CC1=C(Sc2ccccc2)CCCC1=O. The lowest BCUT2D eigenvalue weighted by atomic mass is 9.99. The summed E-state index contributed by atoms with van der Waals surface area (Å²) in [4.78, 5) is 14.0. The van der Waals surface area contributed by atoms with Gasteiger partial charge in [0.2, 0.25) is 0 Å². The average Bonchev–Trinajstić information content (AvgIpc) is 2.26. The molecule has 0 radical (unpaired) electrons. The Hall–Kier alpha value is -1.02. The number of hydrogen-bond acceptors (Lipinski definition) is 2. The van der Waals surface area contributed by atoms with Crippen molar-refractivity contribution < 1.29 is 4.79 Å². The van der Waals surface area contributed by atoms with Gasteiger partial charge in [0.1, 0.15) is 0 Å². The van der Waals surface area contributed by atoms with Gasteiger partial charge in [0, 0.05) is 16.9 Å². The van der Waals surface area contributed by atoms with Crippen molar-refractivity contribution in [3.8, 4) is 0 Å². The van der Waals surface area contributed by atoms with E-state index in [4.69, 9.17) is 0 Å². The predicted molar refractivity (Wildman–Crippen MR) is 63.9 cm³/mol. The Morgan fingerprint density at radius 2 is 1.87 bits per heavy atom. The van der Waals surface area contributed by atoms with E-state index in [2.05, 4.69) is 12.1 Å². The van der Waals surface area contributed by atoms with E-state index in [9.17, 15) is 4.79 Å². The maximum Gasteiger partial charge on any atom is 0.159 e. The molecule has 0 heterocycles. The normalized spacial score (nSPS) is 17.0. The van der Waals surface area contributed by atoms with Crippen LogP contribution in [0.1, 0.15) is 26.2 Å². The second-order valence-electron chi connectivity index (χ2n) is 3.74. The van der Waals surface area contributed by atoms with Crippen LogP contribution in [0.4, 0.5) is 0 Å². The van der Waals surface area contributed by atoms with E-state index >= 15 is 0 Å². The lowest BCUT2D eigenvalue weighted by Crippen LogP contribution is -2.07. The minimum Gasteiger partial charge on any atom is -0.295 e. The molecule has 78 valence electrons. The Balaban J connectivity index is 2.18. The number of ketones is 1. The van der Waals surface area contributed by atoms with Crippen LogP contribution < -0.4 is 0 Å². The number of benzene rings is 1. The van der Waals surface area contributed by atoms with Crippen molar-refractivity contribution in [2.45, 2.75) is 31.1 Å². The average molecular weight is 218 g/mol. The first-order chi connectivity index (χ1) is 7.27. The van der Waals surface area contributed by atoms with Crippen molar-refractivity contribution in [2.75, 3.05) is 0 Å². The first-order valence-electron chi connectivity index (χ1n) is 5.23. The molecule has 1 aromatic carbocycles. The Morgan fingerprint density at radius 1 is 1.13 bits per heavy atom. The number of thioether (sulfide) groups is 1. The van der Waals surface area contributed by atoms with Crippen molar-refractivity contribution in [2.24, 2.45) is 0 Å². The molecule has 0 atom stereocenters. The number of hydrogen-bond donors (Lipinski definition) is 0. The summed E-state index contributed by atoms with van der Waals surface area (Å²) in [5, 5.41) is 0. The molecule has 0 N–H and O–H groups in total. The summed E-state index contributed by atoms with van der Waals surface area (Å²) >= 11 is 1.74. The van der Waals surface area contributed by atoms with Crippen LogP contribution in [-0.2, 0) is 4.79 Å². The van der Waals surface area contributed by atoms with E-state index in [1.165, 1.54) is 9.80 Å². The van der Waals surface area contributed by atoms with Gasteiger partial charge in [-0.3, -0.25) is 4.79 Å². The third-order valence-corrected chi connectivity index (χ3v) is 3.89. The van der Waals surface area contributed by atoms with Gasteiger partial charge in [-0.15, -0.1) is 0 Å². The van der Waals surface area contributed by atoms with Crippen molar-refractivity contribution >= 4 is 17.5 Å². The third-order valence-electron chi connectivity index (χ3n) is 2.63. The zero-order chi connectivity index (χ0) is 10.7. The zero-order valence-corrected chi connectivity index (χ0v) is 9.64. The smallest absolute Gasteiger partial charge is 0.159 e. The largest absolute Gasteiger partial charge is 0.295 e. The van der Waals surface area contributed by atoms with Crippen LogP contribution in [0.3, 0.4) is 0 Å². The molecule has 0 bridgehead atoms. The molecule has 0 spiro atoms. The summed E-state index contributed by atoms with van der Waals surface area (Å²) < 4.78 is 0. The molecule has 0 amide bonds. The van der Waals surface area contributed by atoms with E-state index in [1.807, 2.05) is 25.1 Å². The number of rotatable bonds is 2. The molecule has 0 saturated heterocycles. The van der Waals surface area contributed by atoms with Gasteiger partial charge in [0.15, 0.2) is 5.78 Å². The minimum absolute atomic E-state index is 0.319. The molecule has 1 aliphatic carbocycles. The van der Waals surface area contributed by atoms with Crippen molar-refractivity contribution in [1.29, 1.82) is 0 Å². The van der Waals surface area contributed by atoms with Crippen LogP contribution in [0.15, 0.2) is 45.7 Å². The van der Waals surface area contributed by atoms with Crippen LogP contribution in [0, 0.1) is 0 Å². The van der Waals surface area contributed by atoms with Crippen LogP contribution >= 0.6 is 11.8 Å². The summed E-state index contributed by atoms with van der Waals surface area (Å²) in [5.41, 5.74) is 0.968. The van der Waals surface area contributed by atoms with Crippen molar-refractivity contribution in [1.82, 2.24) is 0 Å².